The summed E-state index contributed by atoms with van der Waals surface area (Å²) >= 11 is 1.20. The zero-order valence-electron chi connectivity index (χ0n) is 8.38. The second-order valence-corrected chi connectivity index (χ2v) is 4.63. The van der Waals surface area contributed by atoms with Gasteiger partial charge in [0.1, 0.15) is 0 Å². The lowest BCUT2D eigenvalue weighted by atomic mass is 9.95. The molecule has 0 bridgehead atoms. The summed E-state index contributed by atoms with van der Waals surface area (Å²) in [4.78, 5) is 0. The molecule has 0 aliphatic heterocycles. The van der Waals surface area contributed by atoms with Crippen LogP contribution in [0.15, 0.2) is 29.6 Å². The summed E-state index contributed by atoms with van der Waals surface area (Å²) in [6, 6.07) is 6.73. The molecule has 2 rings (SSSR count). The molecule has 1 N–H and O–H groups in total. The lowest BCUT2D eigenvalue weighted by Gasteiger charge is -2.26. The molecule has 5 heteroatoms. The van der Waals surface area contributed by atoms with Crippen molar-refractivity contribution in [3.63, 3.8) is 0 Å². The molecule has 0 saturated carbocycles. The van der Waals surface area contributed by atoms with Gasteiger partial charge < -0.3 is 5.11 Å². The second-order valence-electron chi connectivity index (χ2n) is 3.72. The van der Waals surface area contributed by atoms with Gasteiger partial charge in [0.2, 0.25) is 0 Å². The molecule has 1 heterocycles. The Kier molecular flexibility index (Phi) is 2.47. The van der Waals surface area contributed by atoms with Crippen LogP contribution in [0.2, 0.25) is 0 Å². The number of alkyl halides is 3. The van der Waals surface area contributed by atoms with Crippen LogP contribution in [-0.2, 0) is 5.60 Å². The molecule has 0 spiro atoms. The minimum atomic E-state index is -4.67. The number of halogens is 3. The van der Waals surface area contributed by atoms with E-state index in [0.29, 0.717) is 5.39 Å². The topological polar surface area (TPSA) is 20.2 Å². The van der Waals surface area contributed by atoms with Gasteiger partial charge in [0.05, 0.1) is 0 Å². The van der Waals surface area contributed by atoms with E-state index < -0.39 is 11.8 Å². The van der Waals surface area contributed by atoms with Crippen molar-refractivity contribution in [3.8, 4) is 0 Å². The lowest BCUT2D eigenvalue weighted by molar-refractivity contribution is -0.258. The molecule has 0 amide bonds. The Bertz CT molecular complexity index is 513. The van der Waals surface area contributed by atoms with Crippen LogP contribution >= 0.6 is 11.3 Å². The fraction of sp³-hybridized carbons (Fsp3) is 0.273. The van der Waals surface area contributed by atoms with Gasteiger partial charge in [0.15, 0.2) is 5.60 Å². The van der Waals surface area contributed by atoms with E-state index in [1.54, 1.807) is 24.3 Å². The van der Waals surface area contributed by atoms with Crippen molar-refractivity contribution >= 4 is 21.4 Å². The number of aliphatic hydroxyl groups is 1. The van der Waals surface area contributed by atoms with Gasteiger partial charge in [0.25, 0.3) is 0 Å². The van der Waals surface area contributed by atoms with Crippen molar-refractivity contribution in [3.05, 3.63) is 35.2 Å². The van der Waals surface area contributed by atoms with Crippen LogP contribution in [0.3, 0.4) is 0 Å². The molecule has 1 atom stereocenters. The molecule has 0 fully saturated rings. The normalized spacial score (nSPS) is 16.3. The Morgan fingerprint density at radius 1 is 1.19 bits per heavy atom. The highest BCUT2D eigenvalue weighted by Crippen LogP contribution is 2.43. The Morgan fingerprint density at radius 2 is 1.81 bits per heavy atom. The monoisotopic (exact) mass is 246 g/mol. The van der Waals surface area contributed by atoms with Crippen molar-refractivity contribution in [1.82, 2.24) is 0 Å². The first-order valence-corrected chi connectivity index (χ1v) is 5.48. The predicted molar refractivity (Wildman–Crippen MR) is 57.5 cm³/mol. The fourth-order valence-electron chi connectivity index (χ4n) is 1.51. The van der Waals surface area contributed by atoms with E-state index >= 15 is 0 Å². The van der Waals surface area contributed by atoms with E-state index in [-0.39, 0.29) is 5.56 Å². The van der Waals surface area contributed by atoms with Crippen molar-refractivity contribution < 1.29 is 18.3 Å². The minimum Gasteiger partial charge on any atom is -0.376 e. The van der Waals surface area contributed by atoms with Crippen LogP contribution in [0.4, 0.5) is 13.2 Å². The molecule has 1 aromatic carbocycles. The Morgan fingerprint density at radius 3 is 2.44 bits per heavy atom. The number of hydrogen-bond donors (Lipinski definition) is 1. The number of benzene rings is 1. The van der Waals surface area contributed by atoms with Gasteiger partial charge in [-0.25, -0.2) is 0 Å². The van der Waals surface area contributed by atoms with E-state index in [0.717, 1.165) is 11.6 Å². The summed E-state index contributed by atoms with van der Waals surface area (Å²) in [6.07, 6.45) is -4.67. The van der Waals surface area contributed by atoms with Gasteiger partial charge in [-0.05, 0) is 23.8 Å². The van der Waals surface area contributed by atoms with Crippen LogP contribution in [-0.4, -0.2) is 11.3 Å². The van der Waals surface area contributed by atoms with Crippen molar-refractivity contribution in [1.29, 1.82) is 0 Å². The third-order valence-electron chi connectivity index (χ3n) is 2.56. The zero-order chi connectivity index (χ0) is 12.0. The summed E-state index contributed by atoms with van der Waals surface area (Å²) in [5.41, 5.74) is -2.88. The SMILES string of the molecule is CC(O)(c1csc2ccccc12)C(F)(F)F. The number of fused-ring (bicyclic) bond motifs is 1. The van der Waals surface area contributed by atoms with Crippen LogP contribution < -0.4 is 0 Å². The highest BCUT2D eigenvalue weighted by molar-refractivity contribution is 7.17. The van der Waals surface area contributed by atoms with E-state index in [1.807, 2.05) is 0 Å². The van der Waals surface area contributed by atoms with Crippen LogP contribution in [0.25, 0.3) is 10.1 Å². The minimum absolute atomic E-state index is 0.0828. The first kappa shape index (κ1) is 11.4. The molecule has 1 nitrogen and oxygen atoms in total. The summed E-state index contributed by atoms with van der Waals surface area (Å²) in [7, 11) is 0. The van der Waals surface area contributed by atoms with Gasteiger partial charge in [-0.15, -0.1) is 11.3 Å². The van der Waals surface area contributed by atoms with Crippen LogP contribution in [0.5, 0.6) is 0 Å². The van der Waals surface area contributed by atoms with E-state index in [9.17, 15) is 18.3 Å². The fourth-order valence-corrected chi connectivity index (χ4v) is 2.57. The molecular weight excluding hydrogens is 237 g/mol. The Balaban J connectivity index is 2.64. The number of rotatable bonds is 1. The van der Waals surface area contributed by atoms with Crippen molar-refractivity contribution in [2.24, 2.45) is 0 Å². The first-order chi connectivity index (χ1) is 7.34. The standard InChI is InChI=1S/C11H9F3OS/c1-10(15,11(12,13)14)8-6-16-9-5-3-2-4-7(8)9/h2-6,15H,1H3. The van der Waals surface area contributed by atoms with Gasteiger partial charge in [-0.2, -0.15) is 13.2 Å². The van der Waals surface area contributed by atoms with Crippen LogP contribution in [0.1, 0.15) is 12.5 Å². The average molecular weight is 246 g/mol. The molecule has 1 aromatic heterocycles. The molecule has 16 heavy (non-hydrogen) atoms. The zero-order valence-corrected chi connectivity index (χ0v) is 9.19. The largest absolute Gasteiger partial charge is 0.421 e. The summed E-state index contributed by atoms with van der Waals surface area (Å²) in [5.74, 6) is 0. The molecule has 0 aliphatic rings. The van der Waals surface area contributed by atoms with E-state index in [2.05, 4.69) is 0 Å². The maximum atomic E-state index is 12.7. The number of thiophene rings is 1. The maximum Gasteiger partial charge on any atom is 0.421 e. The Hall–Kier alpha value is -1.07. The second kappa shape index (κ2) is 3.46. The highest BCUT2D eigenvalue weighted by atomic mass is 32.1. The molecule has 0 saturated heterocycles. The summed E-state index contributed by atoms with van der Waals surface area (Å²) in [6.45, 7) is 0.779. The summed E-state index contributed by atoms with van der Waals surface area (Å²) < 4.78 is 38.8. The molecule has 86 valence electrons. The van der Waals surface area contributed by atoms with Gasteiger partial charge in [0, 0.05) is 10.3 Å². The maximum absolute atomic E-state index is 12.7. The molecule has 1 unspecified atom stereocenters. The van der Waals surface area contributed by atoms with Crippen molar-refractivity contribution in [2.45, 2.75) is 18.7 Å². The van der Waals surface area contributed by atoms with E-state index in [1.165, 1.54) is 16.7 Å². The van der Waals surface area contributed by atoms with Gasteiger partial charge in [-0.1, -0.05) is 18.2 Å². The molecule has 0 aliphatic carbocycles. The smallest absolute Gasteiger partial charge is 0.376 e. The third-order valence-corrected chi connectivity index (χ3v) is 3.52. The summed E-state index contributed by atoms with van der Waals surface area (Å²) in [5, 5.41) is 11.4. The van der Waals surface area contributed by atoms with Crippen LogP contribution in [0, 0.1) is 0 Å². The molecule has 0 radical (unpaired) electrons. The Labute approximate surface area is 94.1 Å². The van der Waals surface area contributed by atoms with Gasteiger partial charge >= 0.3 is 6.18 Å². The molecule has 2 aromatic rings. The highest BCUT2D eigenvalue weighted by Gasteiger charge is 2.52. The van der Waals surface area contributed by atoms with Crippen molar-refractivity contribution in [2.75, 3.05) is 0 Å². The van der Waals surface area contributed by atoms with Gasteiger partial charge in [-0.3, -0.25) is 0 Å². The average Bonchev–Trinajstić information content (AvgIpc) is 2.59. The molecular formula is C11H9F3OS. The lowest BCUT2D eigenvalue weighted by Crippen LogP contribution is -2.38. The predicted octanol–water partition coefficient (Wildman–Crippen LogP) is 3.67. The quantitative estimate of drug-likeness (QED) is 0.814. The van der Waals surface area contributed by atoms with E-state index in [4.69, 9.17) is 0 Å². The first-order valence-electron chi connectivity index (χ1n) is 4.60. The third kappa shape index (κ3) is 1.60. The number of hydrogen-bond acceptors (Lipinski definition) is 2.